The molecule has 0 spiro atoms. The Morgan fingerprint density at radius 1 is 1.10 bits per heavy atom. The number of hydrogen-bond acceptors (Lipinski definition) is 6. The number of likely N-dealkylation sites (N-methyl/N-ethyl adjacent to an activating group) is 1. The summed E-state index contributed by atoms with van der Waals surface area (Å²) in [5, 5.41) is 2.91. The van der Waals surface area contributed by atoms with Crippen molar-refractivity contribution in [2.45, 2.75) is 24.0 Å². The number of piperazine rings is 1. The van der Waals surface area contributed by atoms with Crippen LogP contribution in [0.3, 0.4) is 0 Å². The van der Waals surface area contributed by atoms with Crippen LogP contribution in [0.5, 0.6) is 5.75 Å². The molecule has 0 radical (unpaired) electrons. The molecule has 1 amide bonds. The minimum absolute atomic E-state index is 0.226. The first-order chi connectivity index (χ1) is 14.6. The number of carbonyl (C=O) groups excluding carboxylic acids is 1. The van der Waals surface area contributed by atoms with Crippen molar-refractivity contribution in [1.82, 2.24) is 15.1 Å². The zero-order chi connectivity index (χ0) is 21.3. The molecule has 0 saturated carbocycles. The molecule has 1 fully saturated rings. The average molecular weight is 434 g/mol. The van der Waals surface area contributed by atoms with Crippen molar-refractivity contribution >= 4 is 16.7 Å². The lowest BCUT2D eigenvalue weighted by molar-refractivity contribution is 0.0919. The van der Waals surface area contributed by atoms with E-state index in [4.69, 9.17) is 9.15 Å². The molecule has 2 aromatic rings. The van der Waals surface area contributed by atoms with Gasteiger partial charge in [-0.05, 0) is 55.9 Å². The number of methoxy groups -OCH3 is 1. The summed E-state index contributed by atoms with van der Waals surface area (Å²) in [5.74, 6) is 1.50. The van der Waals surface area contributed by atoms with E-state index in [1.54, 1.807) is 43.5 Å². The van der Waals surface area contributed by atoms with Gasteiger partial charge in [0.1, 0.15) is 11.5 Å². The molecule has 2 heterocycles. The smallest absolute Gasteiger partial charge is 0.286 e. The molecule has 8 heteroatoms. The van der Waals surface area contributed by atoms with Gasteiger partial charge in [-0.15, -0.1) is 0 Å². The van der Waals surface area contributed by atoms with Crippen molar-refractivity contribution in [3.8, 4) is 5.75 Å². The third-order valence-corrected chi connectivity index (χ3v) is 6.67. The fourth-order valence-corrected chi connectivity index (χ4v) is 4.46. The molecule has 1 aromatic heterocycles. The number of nitrogens with zero attached hydrogens (tertiary/aromatic N) is 2. The van der Waals surface area contributed by atoms with Crippen LogP contribution in [0, 0.1) is 0 Å². The molecule has 0 unspecified atom stereocenters. The van der Waals surface area contributed by atoms with Gasteiger partial charge in [0.15, 0.2) is 5.76 Å². The van der Waals surface area contributed by atoms with Crippen LogP contribution in [0.4, 0.5) is 0 Å². The number of hydrogen-bond donors (Lipinski definition) is 1. The largest absolute Gasteiger partial charge is 0.497 e. The first-order valence-corrected chi connectivity index (χ1v) is 11.7. The summed E-state index contributed by atoms with van der Waals surface area (Å²) in [4.78, 5) is 17.9. The van der Waals surface area contributed by atoms with Gasteiger partial charge in [-0.25, -0.2) is 0 Å². The van der Waals surface area contributed by atoms with Gasteiger partial charge >= 0.3 is 0 Å². The zero-order valence-electron chi connectivity index (χ0n) is 17.8. The summed E-state index contributed by atoms with van der Waals surface area (Å²) in [6, 6.07) is 10.4. The minimum atomic E-state index is -1.25. The molecule has 1 saturated heterocycles. The summed E-state index contributed by atoms with van der Waals surface area (Å²) in [7, 11) is 0.345. The number of carbonyl (C=O) groups is 1. The topological polar surface area (TPSA) is 75.0 Å². The Hall–Kier alpha value is -2.16. The van der Waals surface area contributed by atoms with Gasteiger partial charge in [-0.3, -0.25) is 9.00 Å². The SMILES string of the molecule is CCN1CCN(CCCNC(=O)c2ccc(C[S@@](=O)c3ccc(OC)cc3)o2)CC1. The Balaban J connectivity index is 1.39. The Morgan fingerprint density at radius 3 is 2.47 bits per heavy atom. The van der Waals surface area contributed by atoms with Gasteiger partial charge in [0.05, 0.1) is 23.7 Å². The molecule has 1 N–H and O–H groups in total. The molecule has 1 aliphatic heterocycles. The Labute approximate surface area is 180 Å². The predicted molar refractivity (Wildman–Crippen MR) is 117 cm³/mol. The van der Waals surface area contributed by atoms with Crippen molar-refractivity contribution < 1.29 is 18.2 Å². The first kappa shape index (κ1) is 22.5. The molecule has 30 heavy (non-hydrogen) atoms. The maximum atomic E-state index is 12.5. The summed E-state index contributed by atoms with van der Waals surface area (Å²) in [6.45, 7) is 9.34. The molecule has 0 aliphatic carbocycles. The average Bonchev–Trinajstić information content (AvgIpc) is 3.25. The quantitative estimate of drug-likeness (QED) is 0.580. The molecule has 3 rings (SSSR count). The summed E-state index contributed by atoms with van der Waals surface area (Å²) in [6.07, 6.45) is 0.910. The lowest BCUT2D eigenvalue weighted by atomic mass is 10.3. The monoisotopic (exact) mass is 433 g/mol. The van der Waals surface area contributed by atoms with Crippen LogP contribution in [0.1, 0.15) is 29.7 Å². The summed E-state index contributed by atoms with van der Waals surface area (Å²) < 4.78 is 23.2. The molecular formula is C22H31N3O4S. The van der Waals surface area contributed by atoms with Crippen LogP contribution in [0.15, 0.2) is 45.7 Å². The number of amides is 1. The van der Waals surface area contributed by atoms with Crippen LogP contribution in [-0.2, 0) is 16.6 Å². The van der Waals surface area contributed by atoms with E-state index in [-0.39, 0.29) is 17.4 Å². The van der Waals surface area contributed by atoms with Gasteiger partial charge in [-0.1, -0.05) is 6.92 Å². The molecular weight excluding hydrogens is 402 g/mol. The first-order valence-electron chi connectivity index (χ1n) is 10.4. The number of furan rings is 1. The van der Waals surface area contributed by atoms with Gasteiger partial charge < -0.3 is 24.3 Å². The van der Waals surface area contributed by atoms with Gasteiger partial charge in [0.2, 0.25) is 0 Å². The lowest BCUT2D eigenvalue weighted by Crippen LogP contribution is -2.46. The molecule has 1 atom stereocenters. The van der Waals surface area contributed by atoms with E-state index in [1.807, 2.05) is 0 Å². The fourth-order valence-electron chi connectivity index (χ4n) is 3.44. The highest BCUT2D eigenvalue weighted by atomic mass is 32.2. The van der Waals surface area contributed by atoms with Crippen molar-refractivity contribution in [3.05, 3.63) is 47.9 Å². The Morgan fingerprint density at radius 2 is 1.80 bits per heavy atom. The van der Waals surface area contributed by atoms with E-state index in [9.17, 15) is 9.00 Å². The minimum Gasteiger partial charge on any atom is -0.497 e. The van der Waals surface area contributed by atoms with Crippen molar-refractivity contribution in [2.24, 2.45) is 0 Å². The van der Waals surface area contributed by atoms with E-state index < -0.39 is 10.8 Å². The summed E-state index contributed by atoms with van der Waals surface area (Å²) in [5.41, 5.74) is 0. The lowest BCUT2D eigenvalue weighted by Gasteiger charge is -2.33. The van der Waals surface area contributed by atoms with E-state index >= 15 is 0 Å². The number of ether oxygens (including phenoxy) is 1. The van der Waals surface area contributed by atoms with E-state index in [0.717, 1.165) is 51.4 Å². The van der Waals surface area contributed by atoms with Crippen molar-refractivity contribution in [1.29, 1.82) is 0 Å². The van der Waals surface area contributed by atoms with Gasteiger partial charge in [0.25, 0.3) is 5.91 Å². The van der Waals surface area contributed by atoms with E-state index in [0.29, 0.717) is 17.2 Å². The normalized spacial score (nSPS) is 16.3. The highest BCUT2D eigenvalue weighted by Gasteiger charge is 2.16. The Kier molecular flexibility index (Phi) is 8.48. The standard InChI is InChI=1S/C22H31N3O4S/c1-3-24-13-15-25(16-14-24)12-4-11-23-22(26)21-10-7-19(29-21)17-30(27)20-8-5-18(28-2)6-9-20/h5-10H,3-4,11-17H2,1-2H3,(H,23,26)/t30-/m1/s1. The number of benzene rings is 1. The number of rotatable bonds is 10. The van der Waals surface area contributed by atoms with E-state index in [2.05, 4.69) is 22.0 Å². The van der Waals surface area contributed by atoms with Crippen LogP contribution < -0.4 is 10.1 Å². The third-order valence-electron chi connectivity index (χ3n) is 5.33. The van der Waals surface area contributed by atoms with Gasteiger partial charge in [0, 0.05) is 37.6 Å². The Bertz CT molecular complexity index is 829. The van der Waals surface area contributed by atoms with Crippen molar-refractivity contribution in [2.75, 3.05) is 52.9 Å². The predicted octanol–water partition coefficient (Wildman–Crippen LogP) is 2.35. The fraction of sp³-hybridized carbons (Fsp3) is 0.500. The van der Waals surface area contributed by atoms with Crippen LogP contribution >= 0.6 is 0 Å². The zero-order valence-corrected chi connectivity index (χ0v) is 18.6. The van der Waals surface area contributed by atoms with Crippen LogP contribution in [-0.4, -0.2) is 72.8 Å². The van der Waals surface area contributed by atoms with Crippen molar-refractivity contribution in [3.63, 3.8) is 0 Å². The van der Waals surface area contributed by atoms with E-state index in [1.165, 1.54) is 0 Å². The van der Waals surface area contributed by atoms with Crippen LogP contribution in [0.2, 0.25) is 0 Å². The summed E-state index contributed by atoms with van der Waals surface area (Å²) >= 11 is 0. The second-order valence-electron chi connectivity index (χ2n) is 7.32. The highest BCUT2D eigenvalue weighted by Crippen LogP contribution is 2.18. The highest BCUT2D eigenvalue weighted by molar-refractivity contribution is 7.84. The maximum absolute atomic E-state index is 12.5. The number of nitrogens with one attached hydrogen (secondary N) is 1. The second-order valence-corrected chi connectivity index (χ2v) is 8.77. The molecule has 1 aromatic carbocycles. The molecule has 164 valence electrons. The second kappa shape index (κ2) is 11.3. The van der Waals surface area contributed by atoms with Gasteiger partial charge in [-0.2, -0.15) is 0 Å². The maximum Gasteiger partial charge on any atom is 0.286 e. The third kappa shape index (κ3) is 6.42. The molecule has 0 bridgehead atoms. The molecule has 1 aliphatic rings. The molecule has 7 nitrogen and oxygen atoms in total. The van der Waals surface area contributed by atoms with Crippen LogP contribution in [0.25, 0.3) is 0 Å².